The number of para-hydroxylation sites is 1. The highest BCUT2D eigenvalue weighted by molar-refractivity contribution is 7.92. The van der Waals surface area contributed by atoms with E-state index in [-0.39, 0.29) is 21.2 Å². The zero-order chi connectivity index (χ0) is 18.7. The molecule has 1 amide bonds. The molecule has 6 nitrogen and oxygen atoms in total. The largest absolute Gasteiger partial charge is 0.298 e. The Labute approximate surface area is 159 Å². The predicted octanol–water partition coefficient (Wildman–Crippen LogP) is 4.16. The lowest BCUT2D eigenvalue weighted by Crippen LogP contribution is -2.16. The summed E-state index contributed by atoms with van der Waals surface area (Å²) in [5, 5.41) is 5.19. The summed E-state index contributed by atoms with van der Waals surface area (Å²) >= 11 is 7.29. The van der Waals surface area contributed by atoms with Gasteiger partial charge in [0.15, 0.2) is 5.13 Å². The van der Waals surface area contributed by atoms with Crippen LogP contribution in [0.2, 0.25) is 5.02 Å². The molecule has 0 spiro atoms. The molecule has 0 aliphatic heterocycles. The van der Waals surface area contributed by atoms with E-state index in [1.54, 1.807) is 24.3 Å². The number of hydrogen-bond acceptors (Lipinski definition) is 5. The summed E-state index contributed by atoms with van der Waals surface area (Å²) in [5.74, 6) is -0.436. The second kappa shape index (κ2) is 7.45. The van der Waals surface area contributed by atoms with Gasteiger partial charge < -0.3 is 0 Å². The van der Waals surface area contributed by atoms with Crippen LogP contribution in [-0.2, 0) is 10.0 Å². The number of amides is 1. The van der Waals surface area contributed by atoms with Crippen molar-refractivity contribution in [2.24, 2.45) is 0 Å². The molecule has 0 radical (unpaired) electrons. The summed E-state index contributed by atoms with van der Waals surface area (Å²) in [6.45, 7) is 1.82. The SMILES string of the molecule is Cc1csc(NC(=O)c2cccc(S(=O)(=O)Nc3ccccc3Cl)c2)n1. The molecule has 1 heterocycles. The normalized spacial score (nSPS) is 11.2. The van der Waals surface area contributed by atoms with Crippen molar-refractivity contribution < 1.29 is 13.2 Å². The van der Waals surface area contributed by atoms with Crippen LogP contribution in [0.4, 0.5) is 10.8 Å². The Balaban J connectivity index is 1.84. The minimum Gasteiger partial charge on any atom is -0.298 e. The Morgan fingerprint density at radius 3 is 2.62 bits per heavy atom. The summed E-state index contributed by atoms with van der Waals surface area (Å²) in [7, 11) is -3.89. The molecule has 0 aliphatic carbocycles. The number of hydrogen-bond donors (Lipinski definition) is 2. The third-order valence-electron chi connectivity index (χ3n) is 3.36. The van der Waals surface area contributed by atoms with Crippen molar-refractivity contribution in [2.45, 2.75) is 11.8 Å². The van der Waals surface area contributed by atoms with Crippen LogP contribution < -0.4 is 10.0 Å². The molecule has 134 valence electrons. The van der Waals surface area contributed by atoms with E-state index in [1.165, 1.54) is 35.6 Å². The van der Waals surface area contributed by atoms with E-state index in [0.29, 0.717) is 5.13 Å². The van der Waals surface area contributed by atoms with Gasteiger partial charge in [0.25, 0.3) is 15.9 Å². The highest BCUT2D eigenvalue weighted by Gasteiger charge is 2.18. The van der Waals surface area contributed by atoms with Crippen molar-refractivity contribution in [1.82, 2.24) is 4.98 Å². The van der Waals surface area contributed by atoms with Crippen molar-refractivity contribution in [3.05, 3.63) is 70.2 Å². The van der Waals surface area contributed by atoms with Gasteiger partial charge in [-0.2, -0.15) is 0 Å². The zero-order valence-corrected chi connectivity index (χ0v) is 16.0. The van der Waals surface area contributed by atoms with Crippen LogP contribution in [0.25, 0.3) is 0 Å². The number of halogens is 1. The summed E-state index contributed by atoms with van der Waals surface area (Å²) in [4.78, 5) is 16.4. The van der Waals surface area contributed by atoms with Gasteiger partial charge in [0.2, 0.25) is 0 Å². The number of carbonyl (C=O) groups is 1. The van der Waals surface area contributed by atoms with Gasteiger partial charge >= 0.3 is 0 Å². The molecule has 1 aromatic heterocycles. The van der Waals surface area contributed by atoms with Gasteiger partial charge in [-0.1, -0.05) is 29.8 Å². The van der Waals surface area contributed by atoms with Crippen LogP contribution >= 0.6 is 22.9 Å². The van der Waals surface area contributed by atoms with Crippen LogP contribution in [0, 0.1) is 6.92 Å². The molecule has 0 saturated heterocycles. The Hall–Kier alpha value is -2.42. The molecule has 2 aromatic carbocycles. The fourth-order valence-electron chi connectivity index (χ4n) is 2.13. The molecule has 2 N–H and O–H groups in total. The van der Waals surface area contributed by atoms with Crippen LogP contribution in [0.15, 0.2) is 58.8 Å². The molecule has 0 bridgehead atoms. The molecule has 0 unspecified atom stereocenters. The molecule has 3 rings (SSSR count). The number of thiazole rings is 1. The Morgan fingerprint density at radius 2 is 1.92 bits per heavy atom. The highest BCUT2D eigenvalue weighted by atomic mass is 35.5. The quantitative estimate of drug-likeness (QED) is 0.664. The van der Waals surface area contributed by atoms with Gasteiger partial charge in [0, 0.05) is 10.9 Å². The average Bonchev–Trinajstić information content (AvgIpc) is 3.02. The lowest BCUT2D eigenvalue weighted by Gasteiger charge is -2.10. The van der Waals surface area contributed by atoms with Crippen molar-refractivity contribution >= 4 is 49.7 Å². The molecule has 0 fully saturated rings. The number of anilines is 2. The summed E-state index contributed by atoms with van der Waals surface area (Å²) in [5.41, 5.74) is 1.27. The average molecular weight is 408 g/mol. The van der Waals surface area contributed by atoms with Crippen LogP contribution in [0.3, 0.4) is 0 Å². The maximum absolute atomic E-state index is 12.6. The number of nitrogens with one attached hydrogen (secondary N) is 2. The first kappa shape index (κ1) is 18.4. The van der Waals surface area contributed by atoms with Gasteiger partial charge in [-0.3, -0.25) is 14.8 Å². The molecule has 0 saturated carbocycles. The Kier molecular flexibility index (Phi) is 5.26. The maximum Gasteiger partial charge on any atom is 0.261 e. The Bertz CT molecular complexity index is 1060. The van der Waals surface area contributed by atoms with Gasteiger partial charge in [0.05, 0.1) is 21.3 Å². The second-order valence-electron chi connectivity index (χ2n) is 5.36. The zero-order valence-electron chi connectivity index (χ0n) is 13.6. The molecule has 26 heavy (non-hydrogen) atoms. The van der Waals surface area contributed by atoms with Crippen LogP contribution in [-0.4, -0.2) is 19.3 Å². The van der Waals surface area contributed by atoms with Gasteiger partial charge in [-0.15, -0.1) is 11.3 Å². The number of aromatic nitrogens is 1. The molecule has 3 aromatic rings. The molecular weight excluding hydrogens is 394 g/mol. The maximum atomic E-state index is 12.6. The summed E-state index contributed by atoms with van der Waals surface area (Å²) in [6.07, 6.45) is 0. The first-order valence-electron chi connectivity index (χ1n) is 7.46. The smallest absolute Gasteiger partial charge is 0.261 e. The minimum absolute atomic E-state index is 0.0413. The number of carbonyl (C=O) groups excluding carboxylic acids is 1. The van der Waals surface area contributed by atoms with E-state index >= 15 is 0 Å². The standard InChI is InChI=1S/C17H14ClN3O3S2/c1-11-10-25-17(19-11)20-16(22)12-5-4-6-13(9-12)26(23,24)21-15-8-3-2-7-14(15)18/h2-10,21H,1H3,(H,19,20,22). The van der Waals surface area contributed by atoms with E-state index in [9.17, 15) is 13.2 Å². The van der Waals surface area contributed by atoms with Gasteiger partial charge in [-0.25, -0.2) is 13.4 Å². The van der Waals surface area contributed by atoms with E-state index in [2.05, 4.69) is 15.0 Å². The number of rotatable bonds is 5. The lowest BCUT2D eigenvalue weighted by molar-refractivity contribution is 0.102. The first-order chi connectivity index (χ1) is 12.3. The number of benzene rings is 2. The summed E-state index contributed by atoms with van der Waals surface area (Å²) in [6, 6.07) is 12.3. The molecule has 0 atom stereocenters. The summed E-state index contributed by atoms with van der Waals surface area (Å²) < 4.78 is 27.6. The monoisotopic (exact) mass is 407 g/mol. The predicted molar refractivity (Wildman–Crippen MR) is 104 cm³/mol. The van der Waals surface area contributed by atoms with Crippen molar-refractivity contribution in [3.8, 4) is 0 Å². The van der Waals surface area contributed by atoms with Crippen molar-refractivity contribution in [2.75, 3.05) is 10.0 Å². The third-order valence-corrected chi connectivity index (χ3v) is 5.93. The molecule has 9 heteroatoms. The fraction of sp³-hybridized carbons (Fsp3) is 0.0588. The molecular formula is C17H14ClN3O3S2. The van der Waals surface area contributed by atoms with E-state index < -0.39 is 15.9 Å². The van der Waals surface area contributed by atoms with Gasteiger partial charge in [0.1, 0.15) is 0 Å². The van der Waals surface area contributed by atoms with E-state index in [4.69, 9.17) is 11.6 Å². The van der Waals surface area contributed by atoms with Crippen LogP contribution in [0.5, 0.6) is 0 Å². The van der Waals surface area contributed by atoms with E-state index in [0.717, 1.165) is 5.69 Å². The van der Waals surface area contributed by atoms with E-state index in [1.807, 2.05) is 12.3 Å². The van der Waals surface area contributed by atoms with Crippen LogP contribution in [0.1, 0.15) is 16.1 Å². The highest BCUT2D eigenvalue weighted by Crippen LogP contribution is 2.24. The second-order valence-corrected chi connectivity index (χ2v) is 8.31. The first-order valence-corrected chi connectivity index (χ1v) is 10.2. The minimum atomic E-state index is -3.89. The number of aryl methyl sites for hydroxylation is 1. The number of nitrogens with zero attached hydrogens (tertiary/aromatic N) is 1. The number of sulfonamides is 1. The van der Waals surface area contributed by atoms with Crippen molar-refractivity contribution in [3.63, 3.8) is 0 Å². The van der Waals surface area contributed by atoms with Crippen molar-refractivity contribution in [1.29, 1.82) is 0 Å². The Morgan fingerprint density at radius 1 is 1.15 bits per heavy atom. The topological polar surface area (TPSA) is 88.2 Å². The fourth-order valence-corrected chi connectivity index (χ4v) is 4.18. The third kappa shape index (κ3) is 4.21. The molecule has 0 aliphatic rings. The van der Waals surface area contributed by atoms with Gasteiger partial charge in [-0.05, 0) is 37.3 Å². The lowest BCUT2D eigenvalue weighted by atomic mass is 10.2.